The van der Waals surface area contributed by atoms with E-state index in [1.165, 1.54) is 0 Å². The molecule has 0 radical (unpaired) electrons. The molecule has 0 aromatic carbocycles. The van der Waals surface area contributed by atoms with E-state index < -0.39 is 21.3 Å². The number of fused-ring (bicyclic) bond motifs is 2. The van der Waals surface area contributed by atoms with Crippen LogP contribution >= 0.6 is 0 Å². The van der Waals surface area contributed by atoms with Gasteiger partial charge in [-0.3, -0.25) is 9.35 Å². The molecule has 2 rings (SSSR count). The van der Waals surface area contributed by atoms with Gasteiger partial charge in [-0.05, 0) is 24.2 Å². The summed E-state index contributed by atoms with van der Waals surface area (Å²) in [6, 6.07) is 0. The van der Waals surface area contributed by atoms with E-state index >= 15 is 0 Å². The third-order valence-electron chi connectivity index (χ3n) is 4.57. The summed E-state index contributed by atoms with van der Waals surface area (Å²) in [5.41, 5.74) is -1.12. The molecular weight excluding hydrogens is 244 g/mol. The van der Waals surface area contributed by atoms with E-state index in [0.717, 1.165) is 13.5 Å². The Hall–Kier alpha value is -0.460. The Balaban J connectivity index is 0.000000686. The van der Waals surface area contributed by atoms with Gasteiger partial charge in [0.25, 0.3) is 10.1 Å². The number of ketones is 1. The molecule has 2 N–H and O–H groups in total. The average Bonchev–Trinajstić information content (AvgIpc) is 2.52. The number of aliphatic hydroxyl groups excluding tert-OH is 1. The third-order valence-corrected chi connectivity index (χ3v) is 5.43. The molecule has 2 saturated carbocycles. The Morgan fingerprint density at radius 2 is 1.88 bits per heavy atom. The van der Waals surface area contributed by atoms with Gasteiger partial charge in [-0.1, -0.05) is 13.8 Å². The molecule has 2 aliphatic carbocycles. The Kier molecular flexibility index (Phi) is 3.72. The maximum absolute atomic E-state index is 11.9. The van der Waals surface area contributed by atoms with Crippen molar-refractivity contribution < 1.29 is 22.9 Å². The zero-order valence-corrected chi connectivity index (χ0v) is 11.2. The van der Waals surface area contributed by atoms with E-state index in [9.17, 15) is 13.2 Å². The first-order valence-electron chi connectivity index (χ1n) is 5.62. The van der Waals surface area contributed by atoms with Crippen LogP contribution in [0.15, 0.2) is 0 Å². The normalized spacial score (nSPS) is 34.4. The highest BCUT2D eigenvalue weighted by atomic mass is 32.2. The molecule has 0 spiro atoms. The highest BCUT2D eigenvalue weighted by Gasteiger charge is 2.65. The molecule has 17 heavy (non-hydrogen) atoms. The van der Waals surface area contributed by atoms with Crippen molar-refractivity contribution in [3.8, 4) is 0 Å². The maximum atomic E-state index is 11.9. The summed E-state index contributed by atoms with van der Waals surface area (Å²) in [6.45, 7) is 3.89. The molecular formula is C11H20O5S. The van der Waals surface area contributed by atoms with Crippen molar-refractivity contribution in [3.05, 3.63) is 0 Å². The second-order valence-corrected chi connectivity index (χ2v) is 6.85. The van der Waals surface area contributed by atoms with Crippen molar-refractivity contribution in [3.63, 3.8) is 0 Å². The third kappa shape index (κ3) is 2.13. The van der Waals surface area contributed by atoms with Crippen molar-refractivity contribution >= 4 is 15.9 Å². The van der Waals surface area contributed by atoms with Crippen LogP contribution in [-0.2, 0) is 14.9 Å². The van der Waals surface area contributed by atoms with E-state index in [-0.39, 0.29) is 17.1 Å². The lowest BCUT2D eigenvalue weighted by Gasteiger charge is -2.35. The number of rotatable bonds is 2. The molecule has 2 fully saturated rings. The van der Waals surface area contributed by atoms with E-state index in [1.54, 1.807) is 0 Å². The second-order valence-electron chi connectivity index (χ2n) is 5.39. The van der Waals surface area contributed by atoms with E-state index in [1.807, 2.05) is 13.8 Å². The molecule has 100 valence electrons. The van der Waals surface area contributed by atoms with Gasteiger partial charge in [0.1, 0.15) is 5.78 Å². The highest BCUT2D eigenvalue weighted by Crippen LogP contribution is 2.64. The Morgan fingerprint density at radius 1 is 1.35 bits per heavy atom. The first kappa shape index (κ1) is 14.6. The van der Waals surface area contributed by atoms with Gasteiger partial charge in [0.2, 0.25) is 0 Å². The molecule has 0 heterocycles. The van der Waals surface area contributed by atoms with E-state index in [2.05, 4.69) is 0 Å². The van der Waals surface area contributed by atoms with Crippen LogP contribution in [0, 0.1) is 16.7 Å². The zero-order chi connectivity index (χ0) is 13.5. The summed E-state index contributed by atoms with van der Waals surface area (Å²) in [4.78, 5) is 11.9. The van der Waals surface area contributed by atoms with Crippen molar-refractivity contribution in [2.45, 2.75) is 33.1 Å². The molecule has 2 unspecified atom stereocenters. The predicted molar refractivity (Wildman–Crippen MR) is 63.1 cm³/mol. The van der Waals surface area contributed by atoms with Crippen LogP contribution in [0.1, 0.15) is 33.1 Å². The second kappa shape index (κ2) is 4.33. The first-order chi connectivity index (χ1) is 7.69. The number of hydrogen-bond donors (Lipinski definition) is 2. The standard InChI is InChI=1S/C10H16O4S.CH4O/c1-9(2)7-3-4-10(9,8(11)5-7)6-15(12,13)14;1-2/h7H,3-6H2,1-2H3,(H,12,13,14);2H,1H3. The molecule has 2 aliphatic rings. The lowest BCUT2D eigenvalue weighted by Crippen LogP contribution is -2.42. The smallest absolute Gasteiger partial charge is 0.265 e. The quantitative estimate of drug-likeness (QED) is 0.722. The number of hydrogen-bond acceptors (Lipinski definition) is 4. The Morgan fingerprint density at radius 3 is 2.18 bits per heavy atom. The fourth-order valence-corrected chi connectivity index (χ4v) is 4.72. The lowest BCUT2D eigenvalue weighted by molar-refractivity contribution is -0.128. The Labute approximate surface area is 102 Å². The molecule has 5 nitrogen and oxygen atoms in total. The average molecular weight is 264 g/mol. The van der Waals surface area contributed by atoms with Crippen molar-refractivity contribution in [2.24, 2.45) is 16.7 Å². The van der Waals surface area contributed by atoms with Crippen LogP contribution in [0.25, 0.3) is 0 Å². The Bertz CT molecular complexity index is 412. The number of Topliss-reactive ketones (excluding diaryl/α,β-unsaturated/α-hetero) is 1. The molecule has 0 aromatic rings. The van der Waals surface area contributed by atoms with Gasteiger partial charge in [0.15, 0.2) is 0 Å². The van der Waals surface area contributed by atoms with Crippen LogP contribution < -0.4 is 0 Å². The summed E-state index contributed by atoms with van der Waals surface area (Å²) in [6.07, 6.45) is 1.97. The maximum Gasteiger partial charge on any atom is 0.265 e. The van der Waals surface area contributed by atoms with Crippen molar-refractivity contribution in [1.29, 1.82) is 0 Å². The van der Waals surface area contributed by atoms with Crippen LogP contribution in [0.3, 0.4) is 0 Å². The minimum absolute atomic E-state index is 0.0152. The lowest BCUT2D eigenvalue weighted by atomic mass is 9.70. The summed E-state index contributed by atoms with van der Waals surface area (Å²) in [5, 5.41) is 7.00. The minimum atomic E-state index is -4.08. The van der Waals surface area contributed by atoms with Crippen LogP contribution in [0.2, 0.25) is 0 Å². The van der Waals surface area contributed by atoms with Gasteiger partial charge < -0.3 is 5.11 Å². The first-order valence-corrected chi connectivity index (χ1v) is 7.23. The number of carbonyl (C=O) groups excluding carboxylic acids is 1. The van der Waals surface area contributed by atoms with Gasteiger partial charge in [-0.15, -0.1) is 0 Å². The van der Waals surface area contributed by atoms with Crippen LogP contribution in [-0.4, -0.2) is 36.7 Å². The van der Waals surface area contributed by atoms with Gasteiger partial charge in [-0.2, -0.15) is 8.42 Å². The van der Waals surface area contributed by atoms with Crippen molar-refractivity contribution in [1.82, 2.24) is 0 Å². The zero-order valence-electron chi connectivity index (χ0n) is 10.4. The summed E-state index contributed by atoms with van der Waals surface area (Å²) in [5.74, 6) is -0.101. The predicted octanol–water partition coefficient (Wildman–Crippen LogP) is 0.878. The van der Waals surface area contributed by atoms with Crippen molar-refractivity contribution in [2.75, 3.05) is 12.9 Å². The fourth-order valence-electron chi connectivity index (χ4n) is 3.42. The summed E-state index contributed by atoms with van der Waals surface area (Å²) in [7, 11) is -3.08. The number of carbonyl (C=O) groups is 1. The highest BCUT2D eigenvalue weighted by molar-refractivity contribution is 7.85. The van der Waals surface area contributed by atoms with Crippen LogP contribution in [0.5, 0.6) is 0 Å². The van der Waals surface area contributed by atoms with Gasteiger partial charge >= 0.3 is 0 Å². The van der Waals surface area contributed by atoms with Gasteiger partial charge in [0.05, 0.1) is 11.2 Å². The molecule has 0 saturated heterocycles. The molecule has 0 aromatic heterocycles. The summed E-state index contributed by atoms with van der Waals surface area (Å²) >= 11 is 0. The molecule has 2 bridgehead atoms. The fraction of sp³-hybridized carbons (Fsp3) is 0.909. The van der Waals surface area contributed by atoms with Gasteiger partial charge in [-0.25, -0.2) is 0 Å². The molecule has 0 aliphatic heterocycles. The molecule has 0 amide bonds. The molecule has 6 heteroatoms. The SMILES string of the molecule is CC1(C)C2CCC1(CS(=O)(=O)O)C(=O)C2.CO. The summed E-state index contributed by atoms with van der Waals surface area (Å²) < 4.78 is 31.0. The van der Waals surface area contributed by atoms with Gasteiger partial charge in [0, 0.05) is 13.5 Å². The molecule has 2 atom stereocenters. The topological polar surface area (TPSA) is 91.7 Å². The number of aliphatic hydroxyl groups is 1. The minimum Gasteiger partial charge on any atom is -0.400 e. The van der Waals surface area contributed by atoms with Crippen LogP contribution in [0.4, 0.5) is 0 Å². The monoisotopic (exact) mass is 264 g/mol. The van der Waals surface area contributed by atoms with E-state index in [4.69, 9.17) is 9.66 Å². The van der Waals surface area contributed by atoms with E-state index in [0.29, 0.717) is 12.8 Å². The largest absolute Gasteiger partial charge is 0.400 e.